The van der Waals surface area contributed by atoms with Crippen molar-refractivity contribution < 1.29 is 5.11 Å². The van der Waals surface area contributed by atoms with E-state index in [-0.39, 0.29) is 0 Å². The van der Waals surface area contributed by atoms with Crippen molar-refractivity contribution in [3.63, 3.8) is 0 Å². The van der Waals surface area contributed by atoms with E-state index in [1.165, 1.54) is 57.8 Å². The number of allylic oxidation sites excluding steroid dienone is 5. The Kier molecular flexibility index (Phi) is 17.7. The molecule has 0 atom stereocenters. The van der Waals surface area contributed by atoms with E-state index in [1.807, 2.05) is 14.0 Å². The van der Waals surface area contributed by atoms with Crippen LogP contribution in [0.15, 0.2) is 48.4 Å². The number of aliphatic hydroxyl groups excluding tert-OH is 1. The normalized spacial score (nSPS) is 12.3. The Morgan fingerprint density at radius 3 is 2.04 bits per heavy atom. The maximum Gasteiger partial charge on any atom is 0.110 e. The van der Waals surface area contributed by atoms with E-state index in [9.17, 15) is 5.11 Å². The molecular weight excluding hydrogens is 308 g/mol. The third-order valence-electron chi connectivity index (χ3n) is 4.16. The Labute approximate surface area is 156 Å². The maximum atomic E-state index is 9.26. The van der Waals surface area contributed by atoms with Crippen molar-refractivity contribution in [3.8, 4) is 0 Å². The van der Waals surface area contributed by atoms with Crippen LogP contribution in [0, 0.1) is 0 Å². The molecule has 0 saturated heterocycles. The number of unbranched alkanes of at least 4 members (excludes halogenated alkanes) is 8. The molecule has 0 aromatic heterocycles. The predicted molar refractivity (Wildman–Crippen MR) is 112 cm³/mol. The molecule has 0 aromatic rings. The molecule has 144 valence electrons. The van der Waals surface area contributed by atoms with Crippen LogP contribution in [0.1, 0.15) is 71.1 Å². The summed E-state index contributed by atoms with van der Waals surface area (Å²) in [6.45, 7) is 7.66. The largest absolute Gasteiger partial charge is 0.508 e. The van der Waals surface area contributed by atoms with Crippen LogP contribution in [-0.2, 0) is 0 Å². The van der Waals surface area contributed by atoms with E-state index in [4.69, 9.17) is 0 Å². The van der Waals surface area contributed by atoms with Gasteiger partial charge in [-0.3, -0.25) is 0 Å². The summed E-state index contributed by atoms with van der Waals surface area (Å²) in [5.41, 5.74) is 1.05. The molecular formula is C22H40N2O. The summed E-state index contributed by atoms with van der Waals surface area (Å²) >= 11 is 0. The molecule has 0 aliphatic carbocycles. The van der Waals surface area contributed by atoms with Crippen molar-refractivity contribution in [2.75, 3.05) is 20.1 Å². The van der Waals surface area contributed by atoms with E-state index < -0.39 is 0 Å². The van der Waals surface area contributed by atoms with Gasteiger partial charge in [0.2, 0.25) is 0 Å². The summed E-state index contributed by atoms with van der Waals surface area (Å²) in [4.78, 5) is 0. The van der Waals surface area contributed by atoms with Crippen LogP contribution in [0.25, 0.3) is 0 Å². The first kappa shape index (κ1) is 23.5. The molecule has 0 bridgehead atoms. The van der Waals surface area contributed by atoms with Crippen molar-refractivity contribution >= 4 is 0 Å². The highest BCUT2D eigenvalue weighted by Crippen LogP contribution is 2.09. The van der Waals surface area contributed by atoms with Crippen LogP contribution in [0.3, 0.4) is 0 Å². The van der Waals surface area contributed by atoms with Crippen molar-refractivity contribution in [1.82, 2.24) is 10.6 Å². The first-order valence-corrected chi connectivity index (χ1v) is 9.93. The average Bonchev–Trinajstić information content (AvgIpc) is 2.63. The van der Waals surface area contributed by atoms with Gasteiger partial charge in [-0.25, -0.2) is 0 Å². The molecule has 0 fully saturated rings. The van der Waals surface area contributed by atoms with Crippen LogP contribution < -0.4 is 10.6 Å². The summed E-state index contributed by atoms with van der Waals surface area (Å²) in [5, 5.41) is 15.7. The SMILES string of the molecule is C=C(CNCCCC/C=C\CCCCCCC/C=C\C(O)=C/C)NC. The quantitative estimate of drug-likeness (QED) is 0.135. The fourth-order valence-electron chi connectivity index (χ4n) is 2.43. The van der Waals surface area contributed by atoms with E-state index in [0.29, 0.717) is 5.76 Å². The Morgan fingerprint density at radius 1 is 0.880 bits per heavy atom. The Balaban J connectivity index is 3.23. The fourth-order valence-corrected chi connectivity index (χ4v) is 2.43. The second-order valence-corrected chi connectivity index (χ2v) is 6.46. The van der Waals surface area contributed by atoms with Gasteiger partial charge in [0, 0.05) is 19.3 Å². The molecule has 0 heterocycles. The molecule has 3 heteroatoms. The molecule has 0 unspecified atom stereocenters. The van der Waals surface area contributed by atoms with Crippen LogP contribution in [-0.4, -0.2) is 25.2 Å². The van der Waals surface area contributed by atoms with Gasteiger partial charge in [-0.05, 0) is 70.6 Å². The molecule has 0 radical (unpaired) electrons. The zero-order chi connectivity index (χ0) is 18.6. The molecule has 0 rings (SSSR count). The minimum Gasteiger partial charge on any atom is -0.508 e. The smallest absolute Gasteiger partial charge is 0.110 e. The van der Waals surface area contributed by atoms with Crippen LogP contribution in [0.2, 0.25) is 0 Å². The molecule has 25 heavy (non-hydrogen) atoms. The van der Waals surface area contributed by atoms with E-state index in [2.05, 4.69) is 35.4 Å². The summed E-state index contributed by atoms with van der Waals surface area (Å²) in [5.74, 6) is 0.364. The van der Waals surface area contributed by atoms with E-state index >= 15 is 0 Å². The predicted octanol–water partition coefficient (Wildman–Crippen LogP) is 5.78. The zero-order valence-electron chi connectivity index (χ0n) is 16.5. The summed E-state index contributed by atoms with van der Waals surface area (Å²) in [7, 11) is 1.91. The Morgan fingerprint density at radius 2 is 1.44 bits per heavy atom. The molecule has 0 aliphatic heterocycles. The van der Waals surface area contributed by atoms with Crippen LogP contribution in [0.4, 0.5) is 0 Å². The molecule has 0 aromatic carbocycles. The minimum absolute atomic E-state index is 0.364. The number of likely N-dealkylation sites (N-methyl/N-ethyl adjacent to an activating group) is 1. The van der Waals surface area contributed by atoms with Gasteiger partial charge >= 0.3 is 0 Å². The topological polar surface area (TPSA) is 44.3 Å². The van der Waals surface area contributed by atoms with Crippen molar-refractivity contribution in [1.29, 1.82) is 0 Å². The number of rotatable bonds is 17. The third kappa shape index (κ3) is 18.7. The van der Waals surface area contributed by atoms with Gasteiger partial charge in [0.05, 0.1) is 0 Å². The van der Waals surface area contributed by atoms with Crippen molar-refractivity contribution in [3.05, 3.63) is 48.4 Å². The highest BCUT2D eigenvalue weighted by molar-refractivity contribution is 5.08. The Bertz CT molecular complexity index is 397. The lowest BCUT2D eigenvalue weighted by Crippen LogP contribution is -2.23. The van der Waals surface area contributed by atoms with E-state index in [1.54, 1.807) is 12.2 Å². The number of hydrogen-bond donors (Lipinski definition) is 3. The zero-order valence-corrected chi connectivity index (χ0v) is 16.5. The monoisotopic (exact) mass is 348 g/mol. The molecule has 0 saturated carbocycles. The average molecular weight is 349 g/mol. The van der Waals surface area contributed by atoms with E-state index in [0.717, 1.165) is 25.2 Å². The van der Waals surface area contributed by atoms with Gasteiger partial charge in [-0.1, -0.05) is 44.1 Å². The first-order valence-electron chi connectivity index (χ1n) is 9.93. The summed E-state index contributed by atoms with van der Waals surface area (Å²) < 4.78 is 0. The van der Waals surface area contributed by atoms with Crippen molar-refractivity contribution in [2.45, 2.75) is 71.1 Å². The highest BCUT2D eigenvalue weighted by Gasteiger charge is 1.91. The number of nitrogens with one attached hydrogen (secondary N) is 2. The minimum atomic E-state index is 0.364. The summed E-state index contributed by atoms with van der Waals surface area (Å²) in [6, 6.07) is 0. The highest BCUT2D eigenvalue weighted by atomic mass is 16.3. The lowest BCUT2D eigenvalue weighted by molar-refractivity contribution is 0.431. The lowest BCUT2D eigenvalue weighted by atomic mass is 10.1. The lowest BCUT2D eigenvalue weighted by Gasteiger charge is -2.06. The Hall–Kier alpha value is -1.48. The maximum absolute atomic E-state index is 9.26. The number of hydrogen-bond acceptors (Lipinski definition) is 3. The molecule has 0 aliphatic rings. The fraction of sp³-hybridized carbons (Fsp3) is 0.636. The molecule has 3 nitrogen and oxygen atoms in total. The van der Waals surface area contributed by atoms with Crippen molar-refractivity contribution in [2.24, 2.45) is 0 Å². The van der Waals surface area contributed by atoms with Gasteiger partial charge in [-0.15, -0.1) is 0 Å². The second-order valence-electron chi connectivity index (χ2n) is 6.46. The molecule has 0 amide bonds. The van der Waals surface area contributed by atoms with Crippen LogP contribution >= 0.6 is 0 Å². The first-order chi connectivity index (χ1) is 12.2. The second kappa shape index (κ2) is 18.9. The molecule has 0 spiro atoms. The van der Waals surface area contributed by atoms with Gasteiger partial charge in [0.15, 0.2) is 0 Å². The third-order valence-corrected chi connectivity index (χ3v) is 4.16. The van der Waals surface area contributed by atoms with Gasteiger partial charge in [0.25, 0.3) is 0 Å². The van der Waals surface area contributed by atoms with Gasteiger partial charge < -0.3 is 15.7 Å². The van der Waals surface area contributed by atoms with Crippen LogP contribution in [0.5, 0.6) is 0 Å². The summed E-state index contributed by atoms with van der Waals surface area (Å²) in [6.07, 6.45) is 22.7. The van der Waals surface area contributed by atoms with Gasteiger partial charge in [0.1, 0.15) is 5.76 Å². The van der Waals surface area contributed by atoms with Gasteiger partial charge in [-0.2, -0.15) is 0 Å². The standard InChI is InChI=1S/C22H40N2O/c1-4-22(25)18-16-14-12-10-8-6-5-7-9-11-13-15-17-19-24-20-21(2)23-3/h4,9,11,16,18,23-25H,2,5-8,10,12-15,17,19-20H2,1,3H3/b11-9-,18-16-,22-4+. The molecule has 3 N–H and O–H groups in total. The number of aliphatic hydroxyl groups is 1.